The molecule has 0 saturated heterocycles. The van der Waals surface area contributed by atoms with Gasteiger partial charge in [-0.2, -0.15) is 0 Å². The zero-order chi connectivity index (χ0) is 16.1. The van der Waals surface area contributed by atoms with Gasteiger partial charge in [0.05, 0.1) is 5.75 Å². The molecule has 0 unspecified atom stereocenters. The van der Waals surface area contributed by atoms with Crippen LogP contribution in [0.5, 0.6) is 0 Å². The Morgan fingerprint density at radius 1 is 1.30 bits per heavy atom. The van der Waals surface area contributed by atoms with Gasteiger partial charge in [0.15, 0.2) is 10.7 Å². The third kappa shape index (κ3) is 4.59. The summed E-state index contributed by atoms with van der Waals surface area (Å²) in [5.74, 6) is 0.0131. The van der Waals surface area contributed by atoms with E-state index in [1.54, 1.807) is 0 Å². The number of nitrogens with one attached hydrogen (secondary N) is 3. The number of nitrogens with zero attached hydrogens (tertiary/aromatic N) is 1. The summed E-state index contributed by atoms with van der Waals surface area (Å²) in [5.41, 5.74) is 6.81. The lowest BCUT2D eigenvalue weighted by atomic mass is 10.3. The lowest BCUT2D eigenvalue weighted by Gasteiger charge is -2.15. The van der Waals surface area contributed by atoms with E-state index in [1.165, 1.54) is 24.6 Å². The predicted molar refractivity (Wildman–Crippen MR) is 94.0 cm³/mol. The highest BCUT2D eigenvalue weighted by Gasteiger charge is 2.15. The molecule has 2 aromatic rings. The van der Waals surface area contributed by atoms with Crippen molar-refractivity contribution >= 4 is 46.1 Å². The molecule has 6 nitrogen and oxygen atoms in total. The molecule has 122 valence electrons. The molecule has 1 aliphatic carbocycles. The summed E-state index contributed by atoms with van der Waals surface area (Å²) < 4.78 is 5.55. The van der Waals surface area contributed by atoms with Crippen molar-refractivity contribution in [2.75, 3.05) is 5.75 Å². The monoisotopic (exact) mass is 350 g/mol. The van der Waals surface area contributed by atoms with Crippen LogP contribution in [0, 0.1) is 0 Å². The lowest BCUT2D eigenvalue weighted by molar-refractivity contribution is -0.119. The highest BCUT2D eigenvalue weighted by atomic mass is 32.2. The van der Waals surface area contributed by atoms with E-state index >= 15 is 0 Å². The van der Waals surface area contributed by atoms with Crippen molar-refractivity contribution in [1.82, 2.24) is 21.2 Å². The maximum atomic E-state index is 11.8. The summed E-state index contributed by atoms with van der Waals surface area (Å²) in [5, 5.41) is 4.13. The Kier molecular flexibility index (Phi) is 5.35. The second kappa shape index (κ2) is 7.65. The minimum absolute atomic E-state index is 0.187. The number of oxazole rings is 1. The molecule has 1 aromatic heterocycles. The van der Waals surface area contributed by atoms with Crippen LogP contribution >= 0.6 is 24.0 Å². The summed E-state index contributed by atoms with van der Waals surface area (Å²) >= 11 is 6.40. The van der Waals surface area contributed by atoms with Crippen LogP contribution in [0.4, 0.5) is 0 Å². The van der Waals surface area contributed by atoms with Gasteiger partial charge < -0.3 is 9.73 Å². The largest absolute Gasteiger partial charge is 0.431 e. The second-order valence-electron chi connectivity index (χ2n) is 5.36. The minimum Gasteiger partial charge on any atom is -0.431 e. The Balaban J connectivity index is 1.39. The number of thioether (sulfide) groups is 1. The van der Waals surface area contributed by atoms with E-state index in [-0.39, 0.29) is 11.7 Å². The number of rotatable bonds is 4. The van der Waals surface area contributed by atoms with Crippen molar-refractivity contribution in [1.29, 1.82) is 0 Å². The number of para-hydroxylation sites is 2. The van der Waals surface area contributed by atoms with Crippen molar-refractivity contribution in [3.8, 4) is 0 Å². The topological polar surface area (TPSA) is 79.2 Å². The van der Waals surface area contributed by atoms with Gasteiger partial charge >= 0.3 is 0 Å². The molecular formula is C15H18N4O2S2. The van der Waals surface area contributed by atoms with Crippen LogP contribution in [0.3, 0.4) is 0 Å². The van der Waals surface area contributed by atoms with Crippen LogP contribution in [0.15, 0.2) is 33.9 Å². The predicted octanol–water partition coefficient (Wildman–Crippen LogP) is 2.36. The molecule has 8 heteroatoms. The van der Waals surface area contributed by atoms with Gasteiger partial charge in [-0.05, 0) is 37.2 Å². The number of fused-ring (bicyclic) bond motifs is 1. The molecule has 1 aromatic carbocycles. The summed E-state index contributed by atoms with van der Waals surface area (Å²) in [7, 11) is 0. The second-order valence-corrected chi connectivity index (χ2v) is 6.70. The van der Waals surface area contributed by atoms with Crippen LogP contribution in [0.1, 0.15) is 25.7 Å². The van der Waals surface area contributed by atoms with E-state index in [2.05, 4.69) is 21.2 Å². The van der Waals surface area contributed by atoms with Crippen LogP contribution < -0.4 is 16.2 Å². The van der Waals surface area contributed by atoms with E-state index in [9.17, 15) is 4.79 Å². The Hall–Kier alpha value is -1.80. The van der Waals surface area contributed by atoms with Gasteiger partial charge in [-0.3, -0.25) is 15.6 Å². The van der Waals surface area contributed by atoms with E-state index in [0.717, 1.165) is 23.9 Å². The van der Waals surface area contributed by atoms with Crippen molar-refractivity contribution < 1.29 is 9.21 Å². The maximum Gasteiger partial charge on any atom is 0.257 e. The number of benzene rings is 1. The van der Waals surface area contributed by atoms with Crippen molar-refractivity contribution in [2.45, 2.75) is 36.9 Å². The van der Waals surface area contributed by atoms with Crippen molar-refractivity contribution in [3.05, 3.63) is 24.3 Å². The van der Waals surface area contributed by atoms with Gasteiger partial charge in [0.2, 0.25) is 5.91 Å². The zero-order valence-corrected chi connectivity index (χ0v) is 14.1. The van der Waals surface area contributed by atoms with E-state index in [4.69, 9.17) is 16.6 Å². The highest BCUT2D eigenvalue weighted by Crippen LogP contribution is 2.22. The van der Waals surface area contributed by atoms with Gasteiger partial charge in [0.25, 0.3) is 5.22 Å². The molecule has 1 saturated carbocycles. The van der Waals surface area contributed by atoms with Gasteiger partial charge in [0, 0.05) is 6.04 Å². The summed E-state index contributed by atoms with van der Waals surface area (Å²) in [6.45, 7) is 0. The number of hydrogen-bond donors (Lipinski definition) is 3. The SMILES string of the molecule is O=C(CSc1nc2ccccc2o1)NNC(=S)NC1CCCC1. The molecule has 0 radical (unpaired) electrons. The molecule has 0 bridgehead atoms. The number of carbonyl (C=O) groups excluding carboxylic acids is 1. The Bertz CT molecular complexity index is 665. The average Bonchev–Trinajstić information content (AvgIpc) is 3.19. The van der Waals surface area contributed by atoms with Gasteiger partial charge in [-0.25, -0.2) is 4.98 Å². The van der Waals surface area contributed by atoms with Crippen LogP contribution in [0.2, 0.25) is 0 Å². The molecule has 23 heavy (non-hydrogen) atoms. The average molecular weight is 350 g/mol. The van der Waals surface area contributed by atoms with Gasteiger partial charge in [-0.15, -0.1) is 0 Å². The van der Waals surface area contributed by atoms with Gasteiger partial charge in [-0.1, -0.05) is 36.7 Å². The molecule has 1 amide bonds. The number of amides is 1. The number of hydrogen-bond acceptors (Lipinski definition) is 5. The molecule has 3 rings (SSSR count). The molecule has 1 heterocycles. The molecule has 1 fully saturated rings. The minimum atomic E-state index is -0.187. The van der Waals surface area contributed by atoms with Crippen LogP contribution in [-0.4, -0.2) is 27.8 Å². The maximum absolute atomic E-state index is 11.8. The third-order valence-electron chi connectivity index (χ3n) is 3.61. The molecular weight excluding hydrogens is 332 g/mol. The standard InChI is InChI=1S/C15H18N4O2S2/c20-13(18-19-14(22)16-10-5-1-2-6-10)9-23-15-17-11-7-3-4-8-12(11)21-15/h3-4,7-8,10H,1-2,5-6,9H2,(H,18,20)(H2,16,19,22). The van der Waals surface area contributed by atoms with E-state index in [1.807, 2.05) is 24.3 Å². The molecule has 1 aliphatic rings. The smallest absolute Gasteiger partial charge is 0.257 e. The quantitative estimate of drug-likeness (QED) is 0.444. The molecule has 0 spiro atoms. The lowest BCUT2D eigenvalue weighted by Crippen LogP contribution is -2.49. The molecule has 0 atom stereocenters. The zero-order valence-electron chi connectivity index (χ0n) is 12.5. The van der Waals surface area contributed by atoms with Gasteiger partial charge in [0.1, 0.15) is 5.52 Å². The Morgan fingerprint density at radius 2 is 2.09 bits per heavy atom. The molecule has 0 aliphatic heterocycles. The number of hydrazine groups is 1. The van der Waals surface area contributed by atoms with E-state index in [0.29, 0.717) is 16.4 Å². The summed E-state index contributed by atoms with van der Waals surface area (Å²) in [6.07, 6.45) is 4.72. The number of aromatic nitrogens is 1. The Labute approximate surface area is 143 Å². The fourth-order valence-corrected chi connectivity index (χ4v) is 3.35. The van der Waals surface area contributed by atoms with Crippen molar-refractivity contribution in [3.63, 3.8) is 0 Å². The first-order valence-corrected chi connectivity index (χ1v) is 8.94. The first-order valence-electron chi connectivity index (χ1n) is 7.54. The van der Waals surface area contributed by atoms with Crippen LogP contribution in [-0.2, 0) is 4.79 Å². The Morgan fingerprint density at radius 3 is 2.87 bits per heavy atom. The fourth-order valence-electron chi connectivity index (χ4n) is 2.49. The van der Waals surface area contributed by atoms with Crippen LogP contribution in [0.25, 0.3) is 11.1 Å². The normalized spacial score (nSPS) is 14.8. The summed E-state index contributed by atoms with van der Waals surface area (Å²) in [6, 6.07) is 7.92. The number of thiocarbonyl (C=S) groups is 1. The number of carbonyl (C=O) groups is 1. The first-order chi connectivity index (χ1) is 11.2. The summed E-state index contributed by atoms with van der Waals surface area (Å²) in [4.78, 5) is 16.1. The molecule has 3 N–H and O–H groups in total. The fraction of sp³-hybridized carbons (Fsp3) is 0.400. The first kappa shape index (κ1) is 16.1. The van der Waals surface area contributed by atoms with Crippen molar-refractivity contribution in [2.24, 2.45) is 0 Å². The third-order valence-corrected chi connectivity index (χ3v) is 4.65. The van der Waals surface area contributed by atoms with E-state index < -0.39 is 0 Å². The highest BCUT2D eigenvalue weighted by molar-refractivity contribution is 7.99.